The summed E-state index contributed by atoms with van der Waals surface area (Å²) in [6, 6.07) is 4.32. The second-order valence-corrected chi connectivity index (χ2v) is 3.63. The first-order valence-electron chi connectivity index (χ1n) is 5.06. The predicted octanol–water partition coefficient (Wildman–Crippen LogP) is 1.98. The van der Waals surface area contributed by atoms with Gasteiger partial charge in [0.15, 0.2) is 0 Å². The third-order valence-corrected chi connectivity index (χ3v) is 2.70. The maximum atomic E-state index is 3.14. The zero-order valence-electron chi connectivity index (χ0n) is 8.68. The minimum atomic E-state index is 0. The SMILES string of the molecule is C1=CC=c2c(ccc3c2=CNC=C3)C=C1.I. The quantitative estimate of drug-likeness (QED) is 0.721. The standard InChI is InChI=1S/C14H11N.HI/c1-2-4-11-6-7-12-8-9-15-10-14(12)13(11)5-3-1;/h1-10,15H;1H. The van der Waals surface area contributed by atoms with Crippen LogP contribution in [0.4, 0.5) is 0 Å². The Bertz CT molecular complexity index is 606. The molecule has 0 aromatic heterocycles. The van der Waals surface area contributed by atoms with Crippen LogP contribution in [0, 0.1) is 0 Å². The molecule has 1 aromatic rings. The molecule has 0 atom stereocenters. The maximum absolute atomic E-state index is 3.14. The Morgan fingerprint density at radius 3 is 2.50 bits per heavy atom. The van der Waals surface area contributed by atoms with E-state index in [1.54, 1.807) is 0 Å². The minimum Gasteiger partial charge on any atom is -0.367 e. The molecule has 3 rings (SSSR count). The Kier molecular flexibility index (Phi) is 3.29. The molecular weight excluding hydrogens is 309 g/mol. The van der Waals surface area contributed by atoms with E-state index in [1.807, 2.05) is 6.20 Å². The van der Waals surface area contributed by atoms with Crippen molar-refractivity contribution in [3.63, 3.8) is 0 Å². The number of benzene rings is 1. The van der Waals surface area contributed by atoms with Crippen molar-refractivity contribution in [3.05, 3.63) is 58.1 Å². The summed E-state index contributed by atoms with van der Waals surface area (Å²) in [6.45, 7) is 0. The van der Waals surface area contributed by atoms with Crippen molar-refractivity contribution in [2.24, 2.45) is 0 Å². The lowest BCUT2D eigenvalue weighted by atomic mass is 10.0. The highest BCUT2D eigenvalue weighted by Gasteiger charge is 2.00. The summed E-state index contributed by atoms with van der Waals surface area (Å²) < 4.78 is 0. The maximum Gasteiger partial charge on any atom is 0.00899 e. The van der Waals surface area contributed by atoms with Crippen LogP contribution in [0.3, 0.4) is 0 Å². The van der Waals surface area contributed by atoms with Crippen LogP contribution < -0.4 is 15.8 Å². The van der Waals surface area contributed by atoms with Gasteiger partial charge in [0.2, 0.25) is 0 Å². The van der Waals surface area contributed by atoms with Crippen molar-refractivity contribution in [1.29, 1.82) is 0 Å². The Morgan fingerprint density at radius 2 is 1.62 bits per heavy atom. The number of hydrogen-bond acceptors (Lipinski definition) is 1. The lowest BCUT2D eigenvalue weighted by Gasteiger charge is -2.06. The fourth-order valence-electron chi connectivity index (χ4n) is 1.95. The van der Waals surface area contributed by atoms with Crippen molar-refractivity contribution in [3.8, 4) is 0 Å². The van der Waals surface area contributed by atoms with E-state index in [1.165, 1.54) is 21.6 Å². The lowest BCUT2D eigenvalue weighted by Crippen LogP contribution is -2.32. The van der Waals surface area contributed by atoms with Crippen LogP contribution >= 0.6 is 24.0 Å². The summed E-state index contributed by atoms with van der Waals surface area (Å²) in [4.78, 5) is 0. The molecule has 80 valence electrons. The van der Waals surface area contributed by atoms with Gasteiger partial charge in [-0.05, 0) is 22.4 Å². The third-order valence-electron chi connectivity index (χ3n) is 2.70. The molecule has 0 fully saturated rings. The number of nitrogens with one attached hydrogen (secondary N) is 1. The Balaban J connectivity index is 0.000000963. The van der Waals surface area contributed by atoms with Gasteiger partial charge in [0, 0.05) is 17.6 Å². The molecule has 1 aromatic carbocycles. The van der Waals surface area contributed by atoms with E-state index in [0.29, 0.717) is 0 Å². The van der Waals surface area contributed by atoms with E-state index in [2.05, 4.69) is 60.1 Å². The van der Waals surface area contributed by atoms with E-state index in [9.17, 15) is 0 Å². The second-order valence-electron chi connectivity index (χ2n) is 3.63. The van der Waals surface area contributed by atoms with E-state index < -0.39 is 0 Å². The van der Waals surface area contributed by atoms with E-state index in [-0.39, 0.29) is 24.0 Å². The molecule has 1 N–H and O–H groups in total. The van der Waals surface area contributed by atoms with Gasteiger partial charge in [-0.15, -0.1) is 24.0 Å². The average Bonchev–Trinajstić information content (AvgIpc) is 2.54. The number of fused-ring (bicyclic) bond motifs is 3. The molecule has 2 aliphatic rings. The monoisotopic (exact) mass is 321 g/mol. The van der Waals surface area contributed by atoms with E-state index in [4.69, 9.17) is 0 Å². The first-order chi connectivity index (χ1) is 7.45. The van der Waals surface area contributed by atoms with E-state index >= 15 is 0 Å². The first kappa shape index (κ1) is 11.2. The molecule has 0 saturated carbocycles. The fraction of sp³-hybridized carbons (Fsp3) is 0. The molecule has 0 unspecified atom stereocenters. The molecule has 1 nitrogen and oxygen atoms in total. The molecule has 1 aliphatic heterocycles. The van der Waals surface area contributed by atoms with Crippen LogP contribution in [-0.2, 0) is 0 Å². The highest BCUT2D eigenvalue weighted by Crippen LogP contribution is 2.02. The van der Waals surface area contributed by atoms with Crippen LogP contribution in [0.15, 0.2) is 36.6 Å². The summed E-state index contributed by atoms with van der Waals surface area (Å²) in [5.41, 5.74) is 2.54. The summed E-state index contributed by atoms with van der Waals surface area (Å²) in [6.07, 6.45) is 16.6. The molecular formula is C14H12IN. The fourth-order valence-corrected chi connectivity index (χ4v) is 1.95. The van der Waals surface area contributed by atoms with Crippen molar-refractivity contribution >= 4 is 48.4 Å². The second kappa shape index (κ2) is 4.70. The summed E-state index contributed by atoms with van der Waals surface area (Å²) >= 11 is 0. The molecule has 16 heavy (non-hydrogen) atoms. The highest BCUT2D eigenvalue weighted by molar-refractivity contribution is 14.0. The smallest absolute Gasteiger partial charge is 0.00899 e. The van der Waals surface area contributed by atoms with Gasteiger partial charge in [-0.1, -0.05) is 42.5 Å². The third kappa shape index (κ3) is 1.85. The molecule has 1 aliphatic carbocycles. The van der Waals surface area contributed by atoms with Crippen LogP contribution in [0.2, 0.25) is 0 Å². The van der Waals surface area contributed by atoms with Gasteiger partial charge in [-0.25, -0.2) is 0 Å². The lowest BCUT2D eigenvalue weighted by molar-refractivity contribution is 1.24. The first-order valence-corrected chi connectivity index (χ1v) is 5.06. The minimum absolute atomic E-state index is 0. The normalized spacial score (nSPS) is 14.5. The van der Waals surface area contributed by atoms with Gasteiger partial charge in [0.25, 0.3) is 0 Å². The Hall–Kier alpha value is -1.29. The van der Waals surface area contributed by atoms with Crippen LogP contribution in [-0.4, -0.2) is 0 Å². The van der Waals surface area contributed by atoms with Crippen molar-refractivity contribution in [2.45, 2.75) is 0 Å². The van der Waals surface area contributed by atoms with Crippen molar-refractivity contribution in [1.82, 2.24) is 5.32 Å². The van der Waals surface area contributed by atoms with Crippen LogP contribution in [0.1, 0.15) is 11.1 Å². The Labute approximate surface area is 112 Å². The summed E-state index contributed by atoms with van der Waals surface area (Å²) in [5.74, 6) is 0. The topological polar surface area (TPSA) is 12.0 Å². The van der Waals surface area contributed by atoms with Gasteiger partial charge >= 0.3 is 0 Å². The van der Waals surface area contributed by atoms with Gasteiger partial charge in [0.05, 0.1) is 0 Å². The number of hydrogen-bond donors (Lipinski definition) is 1. The average molecular weight is 321 g/mol. The predicted molar refractivity (Wildman–Crippen MR) is 80.4 cm³/mol. The van der Waals surface area contributed by atoms with Gasteiger partial charge < -0.3 is 5.32 Å². The van der Waals surface area contributed by atoms with Crippen LogP contribution in [0.5, 0.6) is 0 Å². The molecule has 0 saturated heterocycles. The zero-order valence-corrected chi connectivity index (χ0v) is 11.0. The zero-order chi connectivity index (χ0) is 10.1. The summed E-state index contributed by atoms with van der Waals surface area (Å²) in [7, 11) is 0. The number of allylic oxidation sites excluding steroid dienone is 3. The van der Waals surface area contributed by atoms with E-state index in [0.717, 1.165) is 0 Å². The van der Waals surface area contributed by atoms with Gasteiger partial charge in [-0.3, -0.25) is 0 Å². The number of halogens is 1. The number of rotatable bonds is 0. The van der Waals surface area contributed by atoms with Gasteiger partial charge in [-0.2, -0.15) is 0 Å². The molecule has 0 spiro atoms. The summed E-state index contributed by atoms with van der Waals surface area (Å²) in [5, 5.41) is 5.69. The molecule has 2 heteroatoms. The molecule has 0 bridgehead atoms. The van der Waals surface area contributed by atoms with Crippen LogP contribution in [0.25, 0.3) is 24.4 Å². The highest BCUT2D eigenvalue weighted by atomic mass is 127. The molecule has 1 heterocycles. The molecule has 0 amide bonds. The largest absolute Gasteiger partial charge is 0.367 e. The van der Waals surface area contributed by atoms with Crippen molar-refractivity contribution < 1.29 is 0 Å². The van der Waals surface area contributed by atoms with Gasteiger partial charge in [0.1, 0.15) is 0 Å². The Morgan fingerprint density at radius 1 is 0.812 bits per heavy atom. The van der Waals surface area contributed by atoms with Crippen molar-refractivity contribution in [2.75, 3.05) is 0 Å². The molecule has 0 radical (unpaired) electrons.